The number of fused-ring (bicyclic) bond motifs is 1. The van der Waals surface area contributed by atoms with Gasteiger partial charge < -0.3 is 35.2 Å². The maximum absolute atomic E-state index is 13.5. The molecule has 0 radical (unpaired) electrons. The number of hydrogen-bond acceptors (Lipinski definition) is 8. The van der Waals surface area contributed by atoms with E-state index >= 15 is 0 Å². The van der Waals surface area contributed by atoms with Crippen molar-refractivity contribution in [1.82, 2.24) is 4.90 Å². The molecule has 2 aliphatic heterocycles. The normalized spacial score (nSPS) is 15.2. The van der Waals surface area contributed by atoms with E-state index in [4.69, 9.17) is 9.47 Å². The molecular formula is C36H35N5O5. The Morgan fingerprint density at radius 2 is 1.59 bits per heavy atom. The molecular weight excluding hydrogens is 582 g/mol. The predicted molar refractivity (Wildman–Crippen MR) is 180 cm³/mol. The quantitative estimate of drug-likeness (QED) is 0.170. The Balaban J connectivity index is 1.14. The van der Waals surface area contributed by atoms with Crippen LogP contribution in [0.4, 0.5) is 22.7 Å². The topological polar surface area (TPSA) is 112 Å². The number of ketones is 1. The molecule has 4 aromatic rings. The number of ether oxygens (including phenoxy) is 2. The van der Waals surface area contributed by atoms with Crippen molar-refractivity contribution in [3.05, 3.63) is 113 Å². The number of amides is 2. The second kappa shape index (κ2) is 13.2. The van der Waals surface area contributed by atoms with Gasteiger partial charge in [-0.05, 0) is 67.7 Å². The van der Waals surface area contributed by atoms with Crippen LogP contribution in [0.15, 0.2) is 91.1 Å². The van der Waals surface area contributed by atoms with E-state index in [1.807, 2.05) is 12.1 Å². The van der Waals surface area contributed by atoms with Crippen LogP contribution in [-0.4, -0.2) is 69.9 Å². The van der Waals surface area contributed by atoms with Gasteiger partial charge in [0, 0.05) is 71.8 Å². The molecule has 0 bridgehead atoms. The van der Waals surface area contributed by atoms with E-state index in [-0.39, 0.29) is 11.7 Å². The van der Waals surface area contributed by atoms with E-state index in [1.54, 1.807) is 66.9 Å². The molecule has 46 heavy (non-hydrogen) atoms. The summed E-state index contributed by atoms with van der Waals surface area (Å²) in [6.07, 6.45) is 1.69. The SMILES string of the molecule is COc1ccc(OC)c(C(=O)Nc2cccc(C(=O)c3ccc4c(c3)NC(=O)/C4=C/Nc3ccc(N4CCN(C)CC4)cc3)c2)c1. The van der Waals surface area contributed by atoms with Crippen LogP contribution in [-0.2, 0) is 4.79 Å². The molecule has 0 aromatic heterocycles. The number of nitrogens with one attached hydrogen (secondary N) is 3. The molecule has 10 heteroatoms. The van der Waals surface area contributed by atoms with Crippen molar-refractivity contribution in [2.24, 2.45) is 0 Å². The summed E-state index contributed by atoms with van der Waals surface area (Å²) in [4.78, 5) is 44.1. The Morgan fingerprint density at radius 3 is 2.33 bits per heavy atom. The number of likely N-dealkylation sites (N-methyl/N-ethyl adjacent to an activating group) is 1. The average molecular weight is 618 g/mol. The summed E-state index contributed by atoms with van der Waals surface area (Å²) in [5, 5.41) is 8.94. The van der Waals surface area contributed by atoms with Crippen LogP contribution in [0, 0.1) is 0 Å². The fourth-order valence-corrected chi connectivity index (χ4v) is 5.56. The Hall–Kier alpha value is -5.61. The molecule has 6 rings (SSSR count). The lowest BCUT2D eigenvalue weighted by molar-refractivity contribution is -0.110. The largest absolute Gasteiger partial charge is 0.497 e. The van der Waals surface area contributed by atoms with Crippen LogP contribution in [0.3, 0.4) is 0 Å². The minimum Gasteiger partial charge on any atom is -0.497 e. The van der Waals surface area contributed by atoms with E-state index < -0.39 is 5.91 Å². The summed E-state index contributed by atoms with van der Waals surface area (Å²) in [5.74, 6) is 0.0117. The Morgan fingerprint density at radius 1 is 0.826 bits per heavy atom. The molecule has 10 nitrogen and oxygen atoms in total. The van der Waals surface area contributed by atoms with Gasteiger partial charge in [-0.15, -0.1) is 0 Å². The molecule has 0 spiro atoms. The highest BCUT2D eigenvalue weighted by molar-refractivity contribution is 6.32. The van der Waals surface area contributed by atoms with Crippen molar-refractivity contribution in [2.75, 3.05) is 68.3 Å². The van der Waals surface area contributed by atoms with Crippen molar-refractivity contribution < 1.29 is 23.9 Å². The van der Waals surface area contributed by atoms with Crippen LogP contribution in [0.2, 0.25) is 0 Å². The third-order valence-electron chi connectivity index (χ3n) is 8.22. The summed E-state index contributed by atoms with van der Waals surface area (Å²) >= 11 is 0. The molecule has 2 amide bonds. The first-order valence-electron chi connectivity index (χ1n) is 15.0. The molecule has 1 fully saturated rings. The van der Waals surface area contributed by atoms with Crippen molar-refractivity contribution in [1.29, 1.82) is 0 Å². The Labute approximate surface area is 267 Å². The number of carbonyl (C=O) groups excluding carboxylic acids is 3. The van der Waals surface area contributed by atoms with Crippen LogP contribution >= 0.6 is 0 Å². The van der Waals surface area contributed by atoms with E-state index in [0.717, 1.165) is 31.9 Å². The van der Waals surface area contributed by atoms with Gasteiger partial charge in [0.2, 0.25) is 0 Å². The zero-order valence-electron chi connectivity index (χ0n) is 25.9. The summed E-state index contributed by atoms with van der Waals surface area (Å²) in [7, 11) is 5.14. The molecule has 2 heterocycles. The highest BCUT2D eigenvalue weighted by Crippen LogP contribution is 2.33. The molecule has 0 atom stereocenters. The van der Waals surface area contributed by atoms with Gasteiger partial charge in [0.05, 0.1) is 25.4 Å². The number of rotatable bonds is 9. The minimum absolute atomic E-state index is 0.247. The molecule has 0 aliphatic carbocycles. The van der Waals surface area contributed by atoms with Crippen molar-refractivity contribution >= 4 is 45.9 Å². The standard InChI is InChI=1S/C36H35N5O5/c1-40-15-17-41(18-16-40)27-10-8-25(9-11-27)37-22-31-29-13-7-24(20-32(29)39-36(31)44)34(42)23-5-4-6-26(19-23)38-35(43)30-21-28(45-2)12-14-33(30)46-3/h4-14,19-22,37H,15-18H2,1-3H3,(H,38,43)(H,39,44)/b31-22+. The molecule has 234 valence electrons. The highest BCUT2D eigenvalue weighted by Gasteiger charge is 2.26. The molecule has 3 N–H and O–H groups in total. The number of methoxy groups -OCH3 is 2. The smallest absolute Gasteiger partial charge is 0.259 e. The van der Waals surface area contributed by atoms with Crippen molar-refractivity contribution in [3.63, 3.8) is 0 Å². The number of piperazine rings is 1. The van der Waals surface area contributed by atoms with Gasteiger partial charge in [0.15, 0.2) is 5.78 Å². The fourth-order valence-electron chi connectivity index (χ4n) is 5.56. The second-order valence-electron chi connectivity index (χ2n) is 11.2. The van der Waals surface area contributed by atoms with E-state index in [2.05, 4.69) is 44.9 Å². The Bertz CT molecular complexity index is 1830. The lowest BCUT2D eigenvalue weighted by Crippen LogP contribution is -2.44. The molecule has 0 saturated carbocycles. The van der Waals surface area contributed by atoms with Gasteiger partial charge >= 0.3 is 0 Å². The van der Waals surface area contributed by atoms with Gasteiger partial charge in [0.25, 0.3) is 11.8 Å². The van der Waals surface area contributed by atoms with Crippen LogP contribution < -0.4 is 30.3 Å². The first kappa shape index (κ1) is 30.4. The van der Waals surface area contributed by atoms with E-state index in [9.17, 15) is 14.4 Å². The number of hydrogen-bond donors (Lipinski definition) is 3. The zero-order chi connectivity index (χ0) is 32.2. The van der Waals surface area contributed by atoms with Gasteiger partial charge in [-0.3, -0.25) is 14.4 Å². The molecule has 4 aromatic carbocycles. The van der Waals surface area contributed by atoms with Crippen molar-refractivity contribution in [2.45, 2.75) is 0 Å². The minimum atomic E-state index is -0.403. The van der Waals surface area contributed by atoms with Crippen LogP contribution in [0.5, 0.6) is 11.5 Å². The zero-order valence-corrected chi connectivity index (χ0v) is 25.9. The molecule has 1 saturated heterocycles. The Kier molecular flexibility index (Phi) is 8.71. The average Bonchev–Trinajstić information content (AvgIpc) is 3.41. The summed E-state index contributed by atoms with van der Waals surface area (Å²) in [5.41, 5.74) is 5.34. The number of anilines is 4. The molecule has 0 unspecified atom stereocenters. The first-order chi connectivity index (χ1) is 22.3. The van der Waals surface area contributed by atoms with Crippen molar-refractivity contribution in [3.8, 4) is 11.5 Å². The second-order valence-corrected chi connectivity index (χ2v) is 11.2. The summed E-state index contributed by atoms with van der Waals surface area (Å²) < 4.78 is 10.6. The highest BCUT2D eigenvalue weighted by atomic mass is 16.5. The lowest BCUT2D eigenvalue weighted by Gasteiger charge is -2.34. The van der Waals surface area contributed by atoms with E-state index in [0.29, 0.717) is 50.7 Å². The fraction of sp³-hybridized carbons (Fsp3) is 0.194. The third kappa shape index (κ3) is 6.43. The van der Waals surface area contributed by atoms with Crippen LogP contribution in [0.25, 0.3) is 5.57 Å². The van der Waals surface area contributed by atoms with E-state index in [1.165, 1.54) is 19.9 Å². The lowest BCUT2D eigenvalue weighted by atomic mass is 9.99. The first-order valence-corrected chi connectivity index (χ1v) is 15.0. The number of benzene rings is 4. The summed E-state index contributed by atoms with van der Waals surface area (Å²) in [6, 6.07) is 25.0. The number of carbonyl (C=O) groups is 3. The maximum atomic E-state index is 13.5. The van der Waals surface area contributed by atoms with Gasteiger partial charge in [0.1, 0.15) is 11.5 Å². The third-order valence-corrected chi connectivity index (χ3v) is 8.22. The van der Waals surface area contributed by atoms with Gasteiger partial charge in [-0.2, -0.15) is 0 Å². The monoisotopic (exact) mass is 617 g/mol. The molecule has 2 aliphatic rings. The summed E-state index contributed by atoms with van der Waals surface area (Å²) in [6.45, 7) is 4.08. The van der Waals surface area contributed by atoms with Crippen LogP contribution in [0.1, 0.15) is 31.8 Å². The number of nitrogens with zero attached hydrogens (tertiary/aromatic N) is 2. The predicted octanol–water partition coefficient (Wildman–Crippen LogP) is 5.34. The maximum Gasteiger partial charge on any atom is 0.259 e. The van der Waals surface area contributed by atoms with Gasteiger partial charge in [-0.1, -0.05) is 24.3 Å². The van der Waals surface area contributed by atoms with Gasteiger partial charge in [-0.25, -0.2) is 0 Å².